The van der Waals surface area contributed by atoms with E-state index in [1.54, 1.807) is 6.07 Å². The van der Waals surface area contributed by atoms with Crippen LogP contribution in [0.2, 0.25) is 0 Å². The first kappa shape index (κ1) is 14.6. The van der Waals surface area contributed by atoms with Crippen LogP contribution in [-0.2, 0) is 16.1 Å². The van der Waals surface area contributed by atoms with Crippen molar-refractivity contribution >= 4 is 17.6 Å². The van der Waals surface area contributed by atoms with E-state index in [-0.39, 0.29) is 12.2 Å². The van der Waals surface area contributed by atoms with E-state index in [0.29, 0.717) is 5.56 Å². The minimum Gasteiger partial charge on any atom is -0.480 e. The highest BCUT2D eigenvalue weighted by atomic mass is 16.6. The van der Waals surface area contributed by atoms with Crippen LogP contribution in [0.5, 0.6) is 0 Å². The average Bonchev–Trinajstić information content (AvgIpc) is 2.35. The van der Waals surface area contributed by atoms with Crippen molar-refractivity contribution in [3.05, 3.63) is 39.9 Å². The number of nitrogens with zero attached hydrogens (tertiary/aromatic N) is 1. The molecule has 2 N–H and O–H groups in total. The largest absolute Gasteiger partial charge is 0.480 e. The van der Waals surface area contributed by atoms with Crippen LogP contribution < -0.4 is 5.32 Å². The van der Waals surface area contributed by atoms with Crippen molar-refractivity contribution in [1.29, 1.82) is 0 Å². The molecule has 0 spiro atoms. The van der Waals surface area contributed by atoms with Crippen molar-refractivity contribution in [1.82, 2.24) is 5.32 Å². The van der Waals surface area contributed by atoms with Crippen LogP contribution in [0.3, 0.4) is 0 Å². The normalized spacial score (nSPS) is 10.8. The highest BCUT2D eigenvalue weighted by Crippen LogP contribution is 2.16. The molecule has 0 bridgehead atoms. The molecule has 1 aromatic carbocycles. The predicted octanol–water partition coefficient (Wildman–Crippen LogP) is 1.32. The summed E-state index contributed by atoms with van der Waals surface area (Å²) in [7, 11) is 0. The number of nitrogens with one attached hydrogen (secondary N) is 1. The highest BCUT2D eigenvalue weighted by molar-refractivity contribution is 6.00. The molecule has 0 fully saturated rings. The van der Waals surface area contributed by atoms with Gasteiger partial charge in [0.25, 0.3) is 5.69 Å². The van der Waals surface area contributed by atoms with Crippen molar-refractivity contribution < 1.29 is 19.6 Å². The third-order valence-corrected chi connectivity index (χ3v) is 2.68. The summed E-state index contributed by atoms with van der Waals surface area (Å²) in [6.07, 6.45) is 0. The zero-order valence-electron chi connectivity index (χ0n) is 10.5. The number of carboxylic acids is 1. The molecule has 0 radical (unpaired) electrons. The summed E-state index contributed by atoms with van der Waals surface area (Å²) in [6.45, 7) is 2.62. The van der Waals surface area contributed by atoms with E-state index in [1.807, 2.05) is 0 Å². The average molecular weight is 266 g/mol. The van der Waals surface area contributed by atoms with Crippen molar-refractivity contribution in [2.75, 3.05) is 0 Å². The molecule has 7 heteroatoms. The van der Waals surface area contributed by atoms with Crippen LogP contribution in [0.25, 0.3) is 0 Å². The molecule has 7 nitrogen and oxygen atoms in total. The molecular formula is C12H14N2O5. The second-order valence-electron chi connectivity index (χ2n) is 4.54. The maximum Gasteiger partial charge on any atom is 0.318 e. The van der Waals surface area contributed by atoms with Crippen molar-refractivity contribution in [2.24, 2.45) is 5.41 Å². The standard InChI is InChI=1S/C12H14N2O5/c1-12(2,11(16)17)10(15)13-7-8-4-3-5-9(6-8)14(18)19/h3-6H,7H2,1-2H3,(H,13,15)(H,16,17). The van der Waals surface area contributed by atoms with Crippen LogP contribution in [0.4, 0.5) is 5.69 Å². The molecule has 0 aliphatic carbocycles. The molecule has 1 aromatic rings. The van der Waals surface area contributed by atoms with Gasteiger partial charge in [-0.25, -0.2) is 0 Å². The van der Waals surface area contributed by atoms with Gasteiger partial charge in [-0.15, -0.1) is 0 Å². The van der Waals surface area contributed by atoms with Crippen molar-refractivity contribution in [3.63, 3.8) is 0 Å². The molecule has 1 amide bonds. The SMILES string of the molecule is CC(C)(C(=O)O)C(=O)NCc1cccc([N+](=O)[O-])c1. The van der Waals surface area contributed by atoms with Gasteiger partial charge in [0, 0.05) is 18.7 Å². The summed E-state index contributed by atoms with van der Waals surface area (Å²) in [6, 6.07) is 5.78. The van der Waals surface area contributed by atoms with Gasteiger partial charge in [0.15, 0.2) is 0 Å². The zero-order valence-corrected chi connectivity index (χ0v) is 10.5. The number of rotatable bonds is 5. The number of amides is 1. The molecule has 0 unspecified atom stereocenters. The molecule has 1 rings (SSSR count). The van der Waals surface area contributed by atoms with Gasteiger partial charge in [-0.3, -0.25) is 19.7 Å². The van der Waals surface area contributed by atoms with Crippen molar-refractivity contribution in [3.8, 4) is 0 Å². The second kappa shape index (κ2) is 5.47. The topological polar surface area (TPSA) is 110 Å². The lowest BCUT2D eigenvalue weighted by molar-refractivity contribution is -0.384. The number of carboxylic acid groups (broad SMARTS) is 1. The highest BCUT2D eigenvalue weighted by Gasteiger charge is 2.35. The number of benzene rings is 1. The first-order valence-corrected chi connectivity index (χ1v) is 5.50. The minimum atomic E-state index is -1.54. The molecular weight excluding hydrogens is 252 g/mol. The zero-order chi connectivity index (χ0) is 14.6. The predicted molar refractivity (Wildman–Crippen MR) is 66.4 cm³/mol. The summed E-state index contributed by atoms with van der Waals surface area (Å²) >= 11 is 0. The third-order valence-electron chi connectivity index (χ3n) is 2.68. The van der Waals surface area contributed by atoms with Crippen LogP contribution in [0.15, 0.2) is 24.3 Å². The van der Waals surface area contributed by atoms with E-state index in [4.69, 9.17) is 5.11 Å². The second-order valence-corrected chi connectivity index (χ2v) is 4.54. The van der Waals surface area contributed by atoms with E-state index in [2.05, 4.69) is 5.32 Å². The van der Waals surface area contributed by atoms with Crippen LogP contribution in [0.1, 0.15) is 19.4 Å². The summed E-state index contributed by atoms with van der Waals surface area (Å²) in [5, 5.41) is 21.9. The first-order valence-electron chi connectivity index (χ1n) is 5.50. The van der Waals surface area contributed by atoms with E-state index in [0.717, 1.165) is 0 Å². The Hall–Kier alpha value is -2.44. The molecule has 0 aromatic heterocycles. The van der Waals surface area contributed by atoms with Crippen LogP contribution in [-0.4, -0.2) is 21.9 Å². The summed E-state index contributed by atoms with van der Waals surface area (Å²) in [5.74, 6) is -1.88. The Morgan fingerprint density at radius 2 is 2.05 bits per heavy atom. The van der Waals surface area contributed by atoms with Gasteiger partial charge >= 0.3 is 5.97 Å². The first-order chi connectivity index (χ1) is 8.75. The van der Waals surface area contributed by atoms with E-state index in [9.17, 15) is 19.7 Å². The summed E-state index contributed by atoms with van der Waals surface area (Å²) in [5.41, 5.74) is -1.09. The van der Waals surface area contributed by atoms with E-state index < -0.39 is 22.2 Å². The van der Waals surface area contributed by atoms with Gasteiger partial charge in [0.2, 0.25) is 5.91 Å². The Labute approximate surface area is 109 Å². The van der Waals surface area contributed by atoms with Crippen molar-refractivity contribution in [2.45, 2.75) is 20.4 Å². The molecule has 0 aliphatic rings. The van der Waals surface area contributed by atoms with Gasteiger partial charge in [0.05, 0.1) is 4.92 Å². The molecule has 0 saturated heterocycles. The maximum absolute atomic E-state index is 11.7. The summed E-state index contributed by atoms with van der Waals surface area (Å²) in [4.78, 5) is 32.6. The monoisotopic (exact) mass is 266 g/mol. The Bertz CT molecular complexity index is 525. The van der Waals surface area contributed by atoms with E-state index in [1.165, 1.54) is 32.0 Å². The molecule has 0 heterocycles. The number of nitro benzene ring substituents is 1. The quantitative estimate of drug-likeness (QED) is 0.474. The fourth-order valence-electron chi connectivity index (χ4n) is 1.28. The Morgan fingerprint density at radius 3 is 2.58 bits per heavy atom. The number of non-ortho nitro benzene ring substituents is 1. The minimum absolute atomic E-state index is 0.0389. The number of carbonyl (C=O) groups excluding carboxylic acids is 1. The van der Waals surface area contributed by atoms with Gasteiger partial charge in [0.1, 0.15) is 5.41 Å². The Balaban J connectivity index is 2.72. The fraction of sp³-hybridized carbons (Fsp3) is 0.333. The lowest BCUT2D eigenvalue weighted by Crippen LogP contribution is -2.41. The molecule has 0 atom stereocenters. The molecule has 0 saturated carbocycles. The Morgan fingerprint density at radius 1 is 1.42 bits per heavy atom. The van der Waals surface area contributed by atoms with Gasteiger partial charge in [-0.1, -0.05) is 12.1 Å². The fourth-order valence-corrected chi connectivity index (χ4v) is 1.28. The van der Waals surface area contributed by atoms with Gasteiger partial charge in [-0.2, -0.15) is 0 Å². The van der Waals surface area contributed by atoms with Crippen LogP contribution >= 0.6 is 0 Å². The number of hydrogen-bond acceptors (Lipinski definition) is 4. The summed E-state index contributed by atoms with van der Waals surface area (Å²) < 4.78 is 0. The number of carbonyl (C=O) groups is 2. The van der Waals surface area contributed by atoms with Gasteiger partial charge < -0.3 is 10.4 Å². The maximum atomic E-state index is 11.7. The third kappa shape index (κ3) is 3.51. The lowest BCUT2D eigenvalue weighted by Gasteiger charge is -2.18. The van der Waals surface area contributed by atoms with E-state index >= 15 is 0 Å². The molecule has 102 valence electrons. The lowest BCUT2D eigenvalue weighted by atomic mass is 9.92. The molecule has 0 aliphatic heterocycles. The number of hydrogen-bond donors (Lipinski definition) is 2. The Kier molecular flexibility index (Phi) is 4.21. The number of nitro groups is 1. The number of aliphatic carboxylic acids is 1. The van der Waals surface area contributed by atoms with Gasteiger partial charge in [-0.05, 0) is 19.4 Å². The smallest absolute Gasteiger partial charge is 0.318 e. The van der Waals surface area contributed by atoms with Crippen LogP contribution in [0, 0.1) is 15.5 Å². The molecule has 19 heavy (non-hydrogen) atoms.